The largest absolute Gasteiger partial charge is 0.495 e. The summed E-state index contributed by atoms with van der Waals surface area (Å²) in [5, 5.41) is 2.80. The normalized spacial score (nSPS) is 35.1. The Labute approximate surface area is 157 Å². The third-order valence-electron chi connectivity index (χ3n) is 6.70. The van der Waals surface area contributed by atoms with Crippen LogP contribution < -0.4 is 10.1 Å². The molecule has 1 aliphatic heterocycles. The van der Waals surface area contributed by atoms with E-state index < -0.39 is 0 Å². The van der Waals surface area contributed by atoms with E-state index in [2.05, 4.69) is 17.5 Å². The van der Waals surface area contributed by atoms with Gasteiger partial charge in [0.1, 0.15) is 5.75 Å². The van der Waals surface area contributed by atoms with Gasteiger partial charge in [-0.05, 0) is 42.2 Å². The average molecular weight is 366 g/mol. The van der Waals surface area contributed by atoms with Crippen molar-refractivity contribution in [2.45, 2.75) is 12.8 Å². The van der Waals surface area contributed by atoms with Gasteiger partial charge in [-0.2, -0.15) is 0 Å². The topological polar surface area (TPSA) is 75.7 Å². The number of likely N-dealkylation sites (tertiary alicyclic amines) is 1. The average Bonchev–Trinajstić information content (AvgIpc) is 3.46. The fourth-order valence-electron chi connectivity index (χ4n) is 5.41. The molecule has 3 amide bonds. The lowest BCUT2D eigenvalue weighted by Gasteiger charge is -2.37. The Bertz CT molecular complexity index is 827. The number of hydrogen-bond acceptors (Lipinski definition) is 4. The number of para-hydroxylation sites is 2. The summed E-state index contributed by atoms with van der Waals surface area (Å²) in [6.07, 6.45) is 5.55. The minimum absolute atomic E-state index is 0.0835. The van der Waals surface area contributed by atoms with E-state index in [0.29, 0.717) is 23.3 Å². The zero-order chi connectivity index (χ0) is 18.7. The first kappa shape index (κ1) is 16.5. The van der Waals surface area contributed by atoms with Crippen molar-refractivity contribution in [2.24, 2.45) is 35.5 Å². The Balaban J connectivity index is 1.25. The summed E-state index contributed by atoms with van der Waals surface area (Å²) >= 11 is 0. The highest BCUT2D eigenvalue weighted by atomic mass is 16.5. The molecule has 2 bridgehead atoms. The molecule has 1 saturated heterocycles. The number of methoxy groups -OCH3 is 1. The van der Waals surface area contributed by atoms with Gasteiger partial charge >= 0.3 is 0 Å². The first-order valence-electron chi connectivity index (χ1n) is 9.56. The summed E-state index contributed by atoms with van der Waals surface area (Å²) in [5.41, 5.74) is 0.583. The SMILES string of the molecule is COc1ccccc1NC(=O)CCN1C(=O)[C@@H]2[C@H]3C=C[C@@H]([C@@H]4C[C@@H]34)[C@H]2C1=O. The predicted octanol–water partition coefficient (Wildman–Crippen LogP) is 2.08. The molecule has 0 spiro atoms. The number of carbonyl (C=O) groups excluding carboxylic acids is 3. The molecule has 6 atom stereocenters. The number of amides is 3. The maximum atomic E-state index is 12.9. The van der Waals surface area contributed by atoms with Crippen LogP contribution in [0, 0.1) is 35.5 Å². The molecule has 27 heavy (non-hydrogen) atoms. The second kappa shape index (κ2) is 5.94. The van der Waals surface area contributed by atoms with Crippen LogP contribution in [-0.4, -0.2) is 36.3 Å². The van der Waals surface area contributed by atoms with Crippen LogP contribution in [-0.2, 0) is 14.4 Å². The molecule has 3 fully saturated rings. The standard InChI is InChI=1S/C21H22N2O4/c1-27-16-5-3-2-4-15(16)22-17(24)8-9-23-20(25)18-11-6-7-12(14-10-13(11)14)19(18)21(23)26/h2-7,11-14,18-19H,8-10H2,1H3,(H,22,24)/t11-,12-,13-,14-,18+,19+/m0/s1. The monoisotopic (exact) mass is 366 g/mol. The van der Waals surface area contributed by atoms with E-state index in [1.807, 2.05) is 12.1 Å². The Morgan fingerprint density at radius 2 is 1.74 bits per heavy atom. The first-order valence-corrected chi connectivity index (χ1v) is 9.56. The van der Waals surface area contributed by atoms with E-state index in [4.69, 9.17) is 4.74 Å². The van der Waals surface area contributed by atoms with Crippen molar-refractivity contribution in [1.29, 1.82) is 0 Å². The van der Waals surface area contributed by atoms with E-state index in [1.54, 1.807) is 19.2 Å². The third-order valence-corrected chi connectivity index (χ3v) is 6.70. The quantitative estimate of drug-likeness (QED) is 0.639. The minimum atomic E-state index is -0.237. The Morgan fingerprint density at radius 3 is 2.37 bits per heavy atom. The predicted molar refractivity (Wildman–Crippen MR) is 97.7 cm³/mol. The molecule has 1 aromatic rings. The Morgan fingerprint density at radius 1 is 1.11 bits per heavy atom. The lowest BCUT2D eigenvalue weighted by molar-refractivity contribution is -0.140. The van der Waals surface area contributed by atoms with Crippen molar-refractivity contribution < 1.29 is 19.1 Å². The van der Waals surface area contributed by atoms with Gasteiger partial charge < -0.3 is 10.1 Å². The van der Waals surface area contributed by atoms with Crippen LogP contribution in [0.25, 0.3) is 0 Å². The molecule has 6 rings (SSSR count). The van der Waals surface area contributed by atoms with Gasteiger partial charge in [0.25, 0.3) is 0 Å². The van der Waals surface area contributed by atoms with E-state index in [-0.39, 0.29) is 54.4 Å². The summed E-state index contributed by atoms with van der Waals surface area (Å²) in [4.78, 5) is 39.5. The molecule has 0 radical (unpaired) electrons. The van der Waals surface area contributed by atoms with Crippen molar-refractivity contribution in [3.8, 4) is 5.75 Å². The number of nitrogens with one attached hydrogen (secondary N) is 1. The zero-order valence-corrected chi connectivity index (χ0v) is 15.1. The maximum absolute atomic E-state index is 12.9. The highest BCUT2D eigenvalue weighted by Gasteiger charge is 2.66. The van der Waals surface area contributed by atoms with Crippen LogP contribution in [0.15, 0.2) is 36.4 Å². The van der Waals surface area contributed by atoms with Gasteiger partial charge in [0.2, 0.25) is 17.7 Å². The van der Waals surface area contributed by atoms with Gasteiger partial charge in [0, 0.05) is 13.0 Å². The van der Waals surface area contributed by atoms with Crippen molar-refractivity contribution in [1.82, 2.24) is 4.90 Å². The van der Waals surface area contributed by atoms with E-state index >= 15 is 0 Å². The maximum Gasteiger partial charge on any atom is 0.233 e. The Kier molecular flexibility index (Phi) is 3.64. The van der Waals surface area contributed by atoms with Crippen LogP contribution in [0.4, 0.5) is 5.69 Å². The number of ether oxygens (including phenoxy) is 1. The molecular weight excluding hydrogens is 344 g/mol. The lowest BCUT2D eigenvalue weighted by atomic mass is 9.63. The smallest absolute Gasteiger partial charge is 0.233 e. The lowest BCUT2D eigenvalue weighted by Crippen LogP contribution is -2.40. The molecule has 5 aliphatic rings. The zero-order valence-electron chi connectivity index (χ0n) is 15.1. The number of benzene rings is 1. The molecule has 6 heteroatoms. The van der Waals surface area contributed by atoms with Gasteiger partial charge in [0.15, 0.2) is 0 Å². The van der Waals surface area contributed by atoms with Gasteiger partial charge in [-0.15, -0.1) is 0 Å². The number of nitrogens with zero attached hydrogens (tertiary/aromatic N) is 1. The van der Waals surface area contributed by atoms with Crippen LogP contribution in [0.1, 0.15) is 12.8 Å². The molecule has 4 aliphatic carbocycles. The number of rotatable bonds is 5. The molecular formula is C21H22N2O4. The van der Waals surface area contributed by atoms with E-state index in [9.17, 15) is 14.4 Å². The number of allylic oxidation sites excluding steroid dienone is 2. The van der Waals surface area contributed by atoms with Crippen LogP contribution in [0.3, 0.4) is 0 Å². The highest BCUT2D eigenvalue weighted by molar-refractivity contribution is 6.06. The highest BCUT2D eigenvalue weighted by Crippen LogP contribution is 2.65. The second-order valence-corrected chi connectivity index (χ2v) is 7.98. The first-order chi connectivity index (χ1) is 13.1. The number of anilines is 1. The van der Waals surface area contributed by atoms with Crippen molar-refractivity contribution in [3.05, 3.63) is 36.4 Å². The summed E-state index contributed by atoms with van der Waals surface area (Å²) in [6, 6.07) is 7.16. The molecule has 1 heterocycles. The third kappa shape index (κ3) is 2.42. The number of carbonyl (C=O) groups is 3. The van der Waals surface area contributed by atoms with Gasteiger partial charge in [-0.1, -0.05) is 24.3 Å². The van der Waals surface area contributed by atoms with Gasteiger partial charge in [0.05, 0.1) is 24.6 Å². The Hall–Kier alpha value is -2.63. The molecule has 6 nitrogen and oxygen atoms in total. The molecule has 2 saturated carbocycles. The fourth-order valence-corrected chi connectivity index (χ4v) is 5.41. The summed E-state index contributed by atoms with van der Waals surface area (Å²) in [7, 11) is 1.54. The molecule has 0 unspecified atom stereocenters. The van der Waals surface area contributed by atoms with Crippen LogP contribution in [0.2, 0.25) is 0 Å². The fraction of sp³-hybridized carbons (Fsp3) is 0.476. The number of hydrogen-bond donors (Lipinski definition) is 1. The summed E-state index contributed by atoms with van der Waals surface area (Å²) in [5.74, 6) is 1.38. The van der Waals surface area contributed by atoms with Crippen LogP contribution >= 0.6 is 0 Å². The van der Waals surface area contributed by atoms with Crippen molar-refractivity contribution in [2.75, 3.05) is 19.0 Å². The molecule has 1 N–H and O–H groups in total. The molecule has 0 aromatic heterocycles. The molecule has 1 aromatic carbocycles. The van der Waals surface area contributed by atoms with Crippen molar-refractivity contribution in [3.63, 3.8) is 0 Å². The second-order valence-electron chi connectivity index (χ2n) is 7.98. The summed E-state index contributed by atoms with van der Waals surface area (Å²) in [6.45, 7) is 0.139. The summed E-state index contributed by atoms with van der Waals surface area (Å²) < 4.78 is 5.23. The van der Waals surface area contributed by atoms with E-state index in [1.165, 1.54) is 4.90 Å². The van der Waals surface area contributed by atoms with Gasteiger partial charge in [-0.3, -0.25) is 19.3 Å². The minimum Gasteiger partial charge on any atom is -0.495 e. The number of imide groups is 1. The van der Waals surface area contributed by atoms with Crippen LogP contribution in [0.5, 0.6) is 5.75 Å². The van der Waals surface area contributed by atoms with Gasteiger partial charge in [-0.25, -0.2) is 0 Å². The molecule has 140 valence electrons. The van der Waals surface area contributed by atoms with Crippen molar-refractivity contribution >= 4 is 23.4 Å². The van der Waals surface area contributed by atoms with E-state index in [0.717, 1.165) is 6.42 Å².